The largest absolute Gasteiger partial charge is 0.496 e. The Kier molecular flexibility index (Phi) is 19.7. The SMILES string of the molecule is CCCCc1c(C)c(CC)c(C(C)C(C)c2c(CC)c(C)c(CCCC)c(C(CCC)CCC(C)(C)C)c2OC)c(OC)c1C(CCC)CCC(C)(C)C. The number of ether oxygens (including phenoxy) is 2. The van der Waals surface area contributed by atoms with Crippen molar-refractivity contribution in [1.82, 2.24) is 0 Å². The summed E-state index contributed by atoms with van der Waals surface area (Å²) in [7, 11) is 3.94. The summed E-state index contributed by atoms with van der Waals surface area (Å²) in [6.45, 7) is 38.5. The fourth-order valence-electron chi connectivity index (χ4n) is 9.82. The number of rotatable bonds is 23. The van der Waals surface area contributed by atoms with Crippen LogP contribution in [0.2, 0.25) is 0 Å². The minimum Gasteiger partial charge on any atom is -0.496 e. The second kappa shape index (κ2) is 22.1. The second-order valence-electron chi connectivity index (χ2n) is 19.5. The molecular formula is C52H90O2. The summed E-state index contributed by atoms with van der Waals surface area (Å²) >= 11 is 0. The van der Waals surface area contributed by atoms with Gasteiger partial charge >= 0.3 is 0 Å². The van der Waals surface area contributed by atoms with E-state index in [-0.39, 0.29) is 11.8 Å². The van der Waals surface area contributed by atoms with Gasteiger partial charge in [-0.05, 0) is 159 Å². The molecule has 2 nitrogen and oxygen atoms in total. The molecule has 0 heterocycles. The maximum absolute atomic E-state index is 6.79. The van der Waals surface area contributed by atoms with Crippen LogP contribution >= 0.6 is 0 Å². The fourth-order valence-corrected chi connectivity index (χ4v) is 9.82. The van der Waals surface area contributed by atoms with Crippen molar-refractivity contribution in [1.29, 1.82) is 0 Å². The van der Waals surface area contributed by atoms with Gasteiger partial charge in [0, 0.05) is 22.3 Å². The molecule has 0 aliphatic heterocycles. The highest BCUT2D eigenvalue weighted by atomic mass is 16.5. The number of hydrogen-bond donors (Lipinski definition) is 0. The lowest BCUT2D eigenvalue weighted by molar-refractivity contribution is 0.333. The van der Waals surface area contributed by atoms with Gasteiger partial charge in [-0.15, -0.1) is 0 Å². The van der Waals surface area contributed by atoms with Crippen molar-refractivity contribution in [3.05, 3.63) is 55.6 Å². The Morgan fingerprint density at radius 3 is 1.04 bits per heavy atom. The third kappa shape index (κ3) is 12.0. The highest BCUT2D eigenvalue weighted by Crippen LogP contribution is 2.53. The lowest BCUT2D eigenvalue weighted by Crippen LogP contribution is -2.20. The average Bonchev–Trinajstić information content (AvgIpc) is 3.11. The summed E-state index contributed by atoms with van der Waals surface area (Å²) in [5.74, 6) is 3.96. The molecule has 4 atom stereocenters. The Morgan fingerprint density at radius 2 is 0.796 bits per heavy atom. The van der Waals surface area contributed by atoms with Crippen molar-refractivity contribution >= 4 is 0 Å². The molecule has 0 saturated heterocycles. The standard InChI is InChI=1S/C52H90O2/c1-19-25-29-43-37(9)41(23-5)45(49(53-17)47(43)39(27-21-3)31-33-51(11,12)13)35(7)36(8)46-42(24-6)38(10)44(30-26-20-2)48(50(46)54-18)40(28-22-4)32-34-52(14,15)16/h35-36,39-40H,19-34H2,1-18H3. The summed E-state index contributed by atoms with van der Waals surface area (Å²) in [6.07, 6.45) is 18.9. The highest BCUT2D eigenvalue weighted by molar-refractivity contribution is 5.62. The summed E-state index contributed by atoms with van der Waals surface area (Å²) in [5, 5.41) is 0. The first-order chi connectivity index (χ1) is 25.4. The molecular weight excluding hydrogens is 657 g/mol. The Hall–Kier alpha value is -1.96. The molecule has 4 unspecified atom stereocenters. The van der Waals surface area contributed by atoms with E-state index < -0.39 is 0 Å². The Labute approximate surface area is 337 Å². The molecule has 2 aromatic carbocycles. The van der Waals surface area contributed by atoms with Crippen molar-refractivity contribution in [2.45, 2.75) is 237 Å². The summed E-state index contributed by atoms with van der Waals surface area (Å²) < 4.78 is 13.6. The van der Waals surface area contributed by atoms with Crippen molar-refractivity contribution in [3.8, 4) is 11.5 Å². The van der Waals surface area contributed by atoms with Gasteiger partial charge in [-0.2, -0.15) is 0 Å². The number of methoxy groups -OCH3 is 2. The predicted molar refractivity (Wildman–Crippen MR) is 241 cm³/mol. The second-order valence-corrected chi connectivity index (χ2v) is 19.5. The van der Waals surface area contributed by atoms with Crippen LogP contribution in [-0.4, -0.2) is 14.2 Å². The van der Waals surface area contributed by atoms with Crippen LogP contribution in [-0.2, 0) is 25.7 Å². The van der Waals surface area contributed by atoms with Crippen LogP contribution in [0, 0.1) is 24.7 Å². The fraction of sp³-hybridized carbons (Fsp3) is 0.769. The average molecular weight is 747 g/mol. The normalized spacial score (nSPS) is 14.6. The lowest BCUT2D eigenvalue weighted by atomic mass is 9.71. The molecule has 2 heteroatoms. The molecule has 0 aromatic heterocycles. The first kappa shape index (κ1) is 48.2. The van der Waals surface area contributed by atoms with E-state index in [1.165, 1.54) is 122 Å². The van der Waals surface area contributed by atoms with Crippen LogP contribution in [0.15, 0.2) is 0 Å². The third-order valence-corrected chi connectivity index (χ3v) is 13.0. The van der Waals surface area contributed by atoms with E-state index in [1.54, 1.807) is 22.3 Å². The summed E-state index contributed by atoms with van der Waals surface area (Å²) in [6, 6.07) is 0. The zero-order valence-corrected chi connectivity index (χ0v) is 39.4. The maximum atomic E-state index is 6.79. The zero-order valence-electron chi connectivity index (χ0n) is 39.4. The molecule has 0 saturated carbocycles. The topological polar surface area (TPSA) is 18.5 Å². The maximum Gasteiger partial charge on any atom is 0.126 e. The molecule has 0 spiro atoms. The van der Waals surface area contributed by atoms with Gasteiger partial charge in [-0.1, -0.05) is 123 Å². The molecule has 0 aliphatic carbocycles. The molecule has 0 bridgehead atoms. The van der Waals surface area contributed by atoms with E-state index in [4.69, 9.17) is 9.47 Å². The van der Waals surface area contributed by atoms with Crippen LogP contribution in [0.25, 0.3) is 0 Å². The van der Waals surface area contributed by atoms with Crippen LogP contribution in [0.5, 0.6) is 11.5 Å². The number of hydrogen-bond acceptors (Lipinski definition) is 2. The summed E-state index contributed by atoms with van der Waals surface area (Å²) in [4.78, 5) is 0. The minimum absolute atomic E-state index is 0.268. The molecule has 0 amide bonds. The highest BCUT2D eigenvalue weighted by Gasteiger charge is 2.35. The van der Waals surface area contributed by atoms with E-state index >= 15 is 0 Å². The molecule has 0 aliphatic rings. The first-order valence-corrected chi connectivity index (χ1v) is 22.9. The number of benzene rings is 2. The lowest BCUT2D eigenvalue weighted by Gasteiger charge is -2.36. The third-order valence-electron chi connectivity index (χ3n) is 13.0. The predicted octanol–water partition coefficient (Wildman–Crippen LogP) is 16.5. The number of unbranched alkanes of at least 4 members (excludes halogenated alkanes) is 2. The van der Waals surface area contributed by atoms with E-state index in [2.05, 4.69) is 111 Å². The van der Waals surface area contributed by atoms with Gasteiger partial charge in [0.15, 0.2) is 0 Å². The van der Waals surface area contributed by atoms with Gasteiger partial charge in [0.2, 0.25) is 0 Å². The van der Waals surface area contributed by atoms with E-state index in [0.29, 0.717) is 22.7 Å². The van der Waals surface area contributed by atoms with Crippen LogP contribution < -0.4 is 9.47 Å². The van der Waals surface area contributed by atoms with Gasteiger partial charge in [-0.25, -0.2) is 0 Å². The monoisotopic (exact) mass is 747 g/mol. The molecule has 0 fully saturated rings. The van der Waals surface area contributed by atoms with E-state index in [0.717, 1.165) is 25.7 Å². The molecule has 310 valence electrons. The van der Waals surface area contributed by atoms with Gasteiger partial charge in [0.1, 0.15) is 11.5 Å². The Bertz CT molecular complexity index is 1320. The molecule has 0 radical (unpaired) electrons. The molecule has 0 N–H and O–H groups in total. The quantitative estimate of drug-likeness (QED) is 0.113. The van der Waals surface area contributed by atoms with Gasteiger partial charge < -0.3 is 9.47 Å². The Morgan fingerprint density at radius 1 is 0.463 bits per heavy atom. The smallest absolute Gasteiger partial charge is 0.126 e. The van der Waals surface area contributed by atoms with Gasteiger partial charge in [0.25, 0.3) is 0 Å². The molecule has 2 aromatic rings. The van der Waals surface area contributed by atoms with Gasteiger partial charge in [-0.3, -0.25) is 0 Å². The Balaban J connectivity index is 3.12. The molecule has 2 rings (SSSR count). The van der Waals surface area contributed by atoms with Crippen molar-refractivity contribution in [2.24, 2.45) is 10.8 Å². The van der Waals surface area contributed by atoms with Crippen LogP contribution in [0.3, 0.4) is 0 Å². The van der Waals surface area contributed by atoms with Crippen molar-refractivity contribution < 1.29 is 9.47 Å². The zero-order chi connectivity index (χ0) is 41.0. The van der Waals surface area contributed by atoms with Crippen molar-refractivity contribution in [2.75, 3.05) is 14.2 Å². The van der Waals surface area contributed by atoms with Crippen molar-refractivity contribution in [3.63, 3.8) is 0 Å². The van der Waals surface area contributed by atoms with Gasteiger partial charge in [0.05, 0.1) is 14.2 Å². The van der Waals surface area contributed by atoms with Crippen LogP contribution in [0.4, 0.5) is 0 Å². The van der Waals surface area contributed by atoms with Crippen LogP contribution in [0.1, 0.15) is 253 Å². The first-order valence-electron chi connectivity index (χ1n) is 22.9. The van der Waals surface area contributed by atoms with E-state index in [1.807, 2.05) is 14.2 Å². The summed E-state index contributed by atoms with van der Waals surface area (Å²) in [5.41, 5.74) is 15.9. The minimum atomic E-state index is 0.268. The molecule has 54 heavy (non-hydrogen) atoms. The van der Waals surface area contributed by atoms with E-state index in [9.17, 15) is 0 Å².